The molecule has 2 heterocycles. The van der Waals surface area contributed by atoms with Gasteiger partial charge in [0.1, 0.15) is 0 Å². The van der Waals surface area contributed by atoms with Gasteiger partial charge in [-0.05, 0) is 80.8 Å². The minimum atomic E-state index is -0.115. The first-order chi connectivity index (χ1) is 15.6. The van der Waals surface area contributed by atoms with E-state index in [0.29, 0.717) is 5.56 Å². The quantitative estimate of drug-likeness (QED) is 0.357. The average Bonchev–Trinajstić information content (AvgIpc) is 3.16. The molecule has 0 fully saturated rings. The number of benzene rings is 2. The van der Waals surface area contributed by atoms with Crippen LogP contribution in [0.4, 0.5) is 5.69 Å². The Morgan fingerprint density at radius 3 is 2.25 bits per heavy atom. The number of rotatable bonds is 7. The Morgan fingerprint density at radius 2 is 1.59 bits per heavy atom. The summed E-state index contributed by atoms with van der Waals surface area (Å²) in [6.07, 6.45) is 5.24. The summed E-state index contributed by atoms with van der Waals surface area (Å²) >= 11 is 0. The molecule has 2 aromatic heterocycles. The molecule has 2 aromatic carbocycles. The lowest BCUT2D eigenvalue weighted by molar-refractivity contribution is 0.102. The summed E-state index contributed by atoms with van der Waals surface area (Å²) in [6, 6.07) is 24.0. The van der Waals surface area contributed by atoms with Crippen LogP contribution in [0.2, 0.25) is 0 Å². The maximum Gasteiger partial charge on any atom is 0.255 e. The van der Waals surface area contributed by atoms with Gasteiger partial charge in [0.25, 0.3) is 5.91 Å². The number of carbonyl (C=O) groups is 1. The van der Waals surface area contributed by atoms with Crippen molar-refractivity contribution in [3.63, 3.8) is 0 Å². The molecule has 0 aliphatic heterocycles. The maximum absolute atomic E-state index is 12.7. The van der Waals surface area contributed by atoms with Gasteiger partial charge < -0.3 is 9.88 Å². The second-order valence-electron chi connectivity index (χ2n) is 8.15. The van der Waals surface area contributed by atoms with E-state index in [0.717, 1.165) is 40.4 Å². The molecular formula is C28H29N3O. The Kier molecular flexibility index (Phi) is 6.50. The van der Waals surface area contributed by atoms with Crippen LogP contribution in [-0.2, 0) is 6.42 Å². The molecule has 32 heavy (non-hydrogen) atoms. The Morgan fingerprint density at radius 1 is 0.906 bits per heavy atom. The van der Waals surface area contributed by atoms with Gasteiger partial charge >= 0.3 is 0 Å². The summed E-state index contributed by atoms with van der Waals surface area (Å²) in [5, 5.41) is 2.99. The predicted molar refractivity (Wildman–Crippen MR) is 131 cm³/mol. The Hall–Kier alpha value is -3.66. The van der Waals surface area contributed by atoms with E-state index in [1.54, 1.807) is 6.20 Å². The van der Waals surface area contributed by atoms with Crippen LogP contribution < -0.4 is 5.32 Å². The minimum Gasteiger partial charge on any atom is -0.322 e. The van der Waals surface area contributed by atoms with Crippen LogP contribution >= 0.6 is 0 Å². The zero-order valence-corrected chi connectivity index (χ0v) is 18.9. The van der Waals surface area contributed by atoms with E-state index >= 15 is 0 Å². The molecule has 4 heteroatoms. The topological polar surface area (TPSA) is 46.9 Å². The summed E-state index contributed by atoms with van der Waals surface area (Å²) in [6.45, 7) is 6.37. The number of hydrogen-bond acceptors (Lipinski definition) is 2. The van der Waals surface area contributed by atoms with E-state index in [1.807, 2.05) is 42.5 Å². The smallest absolute Gasteiger partial charge is 0.255 e. The Balaban J connectivity index is 1.52. The number of nitrogens with one attached hydrogen (secondary N) is 1. The van der Waals surface area contributed by atoms with Crippen LogP contribution in [0, 0.1) is 13.8 Å². The maximum atomic E-state index is 12.7. The van der Waals surface area contributed by atoms with Crippen LogP contribution in [0.3, 0.4) is 0 Å². The molecule has 4 aromatic rings. The molecule has 0 spiro atoms. The van der Waals surface area contributed by atoms with Crippen LogP contribution in [0.25, 0.3) is 16.9 Å². The lowest BCUT2D eigenvalue weighted by Gasteiger charge is -2.14. The molecule has 0 radical (unpaired) electrons. The van der Waals surface area contributed by atoms with Crippen molar-refractivity contribution in [1.29, 1.82) is 0 Å². The molecule has 0 saturated carbocycles. The van der Waals surface area contributed by atoms with Crippen molar-refractivity contribution in [3.05, 3.63) is 102 Å². The highest BCUT2D eigenvalue weighted by molar-refractivity contribution is 6.04. The van der Waals surface area contributed by atoms with Gasteiger partial charge in [-0.25, -0.2) is 0 Å². The largest absolute Gasteiger partial charge is 0.322 e. The number of unbranched alkanes of at least 4 members (excludes halogenated alkanes) is 1. The standard InChI is InChI=1S/C28H29N3O/c1-4-5-7-22-11-17-25(18-12-22)30-28(32)24-15-13-23(14-16-24)27-26(8-6-19-29-27)31-20(2)9-10-21(31)3/h6,8-19H,4-5,7H2,1-3H3,(H,30,32). The molecule has 0 aliphatic rings. The van der Waals surface area contributed by atoms with Crippen LogP contribution in [-0.4, -0.2) is 15.5 Å². The third-order valence-electron chi connectivity index (χ3n) is 5.75. The van der Waals surface area contributed by atoms with Gasteiger partial charge in [0.05, 0.1) is 11.4 Å². The van der Waals surface area contributed by atoms with E-state index in [-0.39, 0.29) is 5.91 Å². The van der Waals surface area contributed by atoms with Gasteiger partial charge in [0.2, 0.25) is 0 Å². The van der Waals surface area contributed by atoms with Crippen LogP contribution in [0.5, 0.6) is 0 Å². The number of aromatic nitrogens is 2. The predicted octanol–water partition coefficient (Wildman–Crippen LogP) is 6.75. The number of aryl methyl sites for hydroxylation is 3. The molecule has 1 N–H and O–H groups in total. The first-order valence-corrected chi connectivity index (χ1v) is 11.2. The first-order valence-electron chi connectivity index (χ1n) is 11.2. The highest BCUT2D eigenvalue weighted by Gasteiger charge is 2.13. The van der Waals surface area contributed by atoms with Crippen molar-refractivity contribution in [3.8, 4) is 16.9 Å². The van der Waals surface area contributed by atoms with Crippen molar-refractivity contribution in [1.82, 2.24) is 9.55 Å². The van der Waals surface area contributed by atoms with Crippen molar-refractivity contribution in [2.75, 3.05) is 5.32 Å². The highest BCUT2D eigenvalue weighted by atomic mass is 16.1. The molecule has 0 aliphatic carbocycles. The number of hydrogen-bond donors (Lipinski definition) is 1. The molecule has 0 saturated heterocycles. The Bertz CT molecular complexity index is 1180. The van der Waals surface area contributed by atoms with E-state index in [4.69, 9.17) is 0 Å². The normalized spacial score (nSPS) is 10.8. The molecule has 4 rings (SSSR count). The SMILES string of the molecule is CCCCc1ccc(NC(=O)c2ccc(-c3ncccc3-n3c(C)ccc3C)cc2)cc1. The molecule has 0 bridgehead atoms. The minimum absolute atomic E-state index is 0.115. The van der Waals surface area contributed by atoms with Crippen molar-refractivity contribution >= 4 is 11.6 Å². The molecule has 162 valence electrons. The summed E-state index contributed by atoms with van der Waals surface area (Å²) < 4.78 is 2.20. The number of amides is 1. The second-order valence-corrected chi connectivity index (χ2v) is 8.15. The second kappa shape index (κ2) is 9.65. The van der Waals surface area contributed by atoms with E-state index in [9.17, 15) is 4.79 Å². The zero-order chi connectivity index (χ0) is 22.5. The lowest BCUT2D eigenvalue weighted by Crippen LogP contribution is -2.11. The van der Waals surface area contributed by atoms with E-state index < -0.39 is 0 Å². The van der Waals surface area contributed by atoms with Gasteiger partial charge in [-0.15, -0.1) is 0 Å². The molecule has 1 amide bonds. The molecule has 0 atom stereocenters. The van der Waals surface area contributed by atoms with E-state index in [1.165, 1.54) is 18.4 Å². The van der Waals surface area contributed by atoms with Crippen LogP contribution in [0.1, 0.15) is 47.1 Å². The number of pyridine rings is 1. The van der Waals surface area contributed by atoms with Crippen molar-refractivity contribution < 1.29 is 4.79 Å². The fourth-order valence-corrected chi connectivity index (χ4v) is 3.97. The number of anilines is 1. The molecular weight excluding hydrogens is 394 g/mol. The summed E-state index contributed by atoms with van der Waals surface area (Å²) in [7, 11) is 0. The third-order valence-corrected chi connectivity index (χ3v) is 5.75. The lowest BCUT2D eigenvalue weighted by atomic mass is 10.1. The van der Waals surface area contributed by atoms with Gasteiger partial charge in [-0.3, -0.25) is 9.78 Å². The van der Waals surface area contributed by atoms with Gasteiger partial charge in [0, 0.05) is 34.4 Å². The third kappa shape index (κ3) is 4.65. The van der Waals surface area contributed by atoms with Gasteiger partial charge in [-0.1, -0.05) is 37.6 Å². The summed E-state index contributed by atoms with van der Waals surface area (Å²) in [5.74, 6) is -0.115. The van der Waals surface area contributed by atoms with Crippen molar-refractivity contribution in [2.45, 2.75) is 40.0 Å². The molecule has 0 unspecified atom stereocenters. The number of nitrogens with zero attached hydrogens (tertiary/aromatic N) is 2. The summed E-state index contributed by atoms with van der Waals surface area (Å²) in [4.78, 5) is 17.4. The van der Waals surface area contributed by atoms with Crippen molar-refractivity contribution in [2.24, 2.45) is 0 Å². The molecule has 4 nitrogen and oxygen atoms in total. The highest BCUT2D eigenvalue weighted by Crippen LogP contribution is 2.27. The fourth-order valence-electron chi connectivity index (χ4n) is 3.97. The zero-order valence-electron chi connectivity index (χ0n) is 18.9. The fraction of sp³-hybridized carbons (Fsp3) is 0.214. The number of carbonyl (C=O) groups excluding carboxylic acids is 1. The van der Waals surface area contributed by atoms with Crippen LogP contribution in [0.15, 0.2) is 79.0 Å². The monoisotopic (exact) mass is 423 g/mol. The van der Waals surface area contributed by atoms with Gasteiger partial charge in [-0.2, -0.15) is 0 Å². The van der Waals surface area contributed by atoms with Gasteiger partial charge in [0.15, 0.2) is 0 Å². The van der Waals surface area contributed by atoms with E-state index in [2.05, 4.69) is 66.0 Å². The summed E-state index contributed by atoms with van der Waals surface area (Å²) in [5.41, 5.74) is 7.96. The average molecular weight is 424 g/mol. The first kappa shape index (κ1) is 21.6. The Labute approximate surface area is 190 Å².